The van der Waals surface area contributed by atoms with Crippen LogP contribution >= 0.6 is 24.0 Å². The van der Waals surface area contributed by atoms with E-state index in [2.05, 4.69) is 43.0 Å². The standard InChI is InChI=1S/C26H33ClN4O.ClH/c1-6-13-30(23(15-20-9-10-20)21-11-7-17(2)8-12-21)26-28-19(4)31(29-26)24-14-18(3)25(32-5)16-22(24)27;/h7-8,11-12,14,16,20,23H,6,9-10,13,15H2,1-5H3;1H. The highest BCUT2D eigenvalue weighted by atomic mass is 35.5. The van der Waals surface area contributed by atoms with Crippen molar-refractivity contribution in [1.82, 2.24) is 14.8 Å². The van der Waals surface area contributed by atoms with E-state index < -0.39 is 0 Å². The lowest BCUT2D eigenvalue weighted by Gasteiger charge is -2.31. The molecule has 0 aliphatic heterocycles. The first kappa shape index (κ1) is 25.4. The molecule has 1 aliphatic carbocycles. The van der Waals surface area contributed by atoms with Gasteiger partial charge in [-0.05, 0) is 56.7 Å². The number of benzene rings is 2. The summed E-state index contributed by atoms with van der Waals surface area (Å²) in [5, 5.41) is 5.55. The molecule has 1 aromatic heterocycles. The van der Waals surface area contributed by atoms with Gasteiger partial charge in [0.05, 0.1) is 23.9 Å². The molecule has 33 heavy (non-hydrogen) atoms. The summed E-state index contributed by atoms with van der Waals surface area (Å²) in [5.41, 5.74) is 4.46. The summed E-state index contributed by atoms with van der Waals surface area (Å²) in [6.07, 6.45) is 4.82. The molecule has 1 fully saturated rings. The lowest BCUT2D eigenvalue weighted by atomic mass is 9.98. The first-order chi connectivity index (χ1) is 15.4. The smallest absolute Gasteiger partial charge is 0.245 e. The van der Waals surface area contributed by atoms with Crippen molar-refractivity contribution in [1.29, 1.82) is 0 Å². The predicted octanol–water partition coefficient (Wildman–Crippen LogP) is 7.03. The summed E-state index contributed by atoms with van der Waals surface area (Å²) in [6.45, 7) is 9.25. The second-order valence-electron chi connectivity index (χ2n) is 8.94. The number of hydrogen-bond donors (Lipinski definition) is 0. The van der Waals surface area contributed by atoms with E-state index in [-0.39, 0.29) is 18.4 Å². The first-order valence-corrected chi connectivity index (χ1v) is 11.9. The zero-order valence-corrected chi connectivity index (χ0v) is 21.7. The van der Waals surface area contributed by atoms with Crippen molar-refractivity contribution >= 4 is 30.0 Å². The van der Waals surface area contributed by atoms with Gasteiger partial charge in [0, 0.05) is 12.6 Å². The molecule has 5 nitrogen and oxygen atoms in total. The highest BCUT2D eigenvalue weighted by molar-refractivity contribution is 6.32. The molecule has 0 bridgehead atoms. The second-order valence-corrected chi connectivity index (χ2v) is 9.35. The van der Waals surface area contributed by atoms with Crippen LogP contribution in [0.4, 0.5) is 5.95 Å². The normalized spacial score (nSPS) is 14.0. The van der Waals surface area contributed by atoms with E-state index in [1.807, 2.05) is 30.7 Å². The summed E-state index contributed by atoms with van der Waals surface area (Å²) in [6, 6.07) is 13.1. The molecule has 178 valence electrons. The van der Waals surface area contributed by atoms with Gasteiger partial charge in [0.2, 0.25) is 5.95 Å². The summed E-state index contributed by atoms with van der Waals surface area (Å²) in [5.74, 6) is 3.15. The van der Waals surface area contributed by atoms with Gasteiger partial charge < -0.3 is 9.64 Å². The van der Waals surface area contributed by atoms with E-state index in [0.29, 0.717) is 5.02 Å². The lowest BCUT2D eigenvalue weighted by Crippen LogP contribution is -2.31. The molecule has 1 saturated carbocycles. The Kier molecular flexibility index (Phi) is 8.30. The summed E-state index contributed by atoms with van der Waals surface area (Å²) in [4.78, 5) is 7.28. The number of rotatable bonds is 9. The highest BCUT2D eigenvalue weighted by Crippen LogP contribution is 2.41. The van der Waals surface area contributed by atoms with Crippen LogP contribution in [0.25, 0.3) is 5.69 Å². The molecule has 2 aromatic carbocycles. The number of ether oxygens (including phenoxy) is 1. The van der Waals surface area contributed by atoms with E-state index in [4.69, 9.17) is 26.4 Å². The number of aryl methyl sites for hydroxylation is 3. The minimum Gasteiger partial charge on any atom is -0.496 e. The van der Waals surface area contributed by atoms with Crippen molar-refractivity contribution in [3.05, 3.63) is 63.9 Å². The molecule has 0 amide bonds. The molecule has 1 aliphatic rings. The zero-order valence-electron chi connectivity index (χ0n) is 20.1. The quantitative estimate of drug-likeness (QED) is 0.324. The van der Waals surface area contributed by atoms with Crippen LogP contribution in [0, 0.1) is 26.7 Å². The van der Waals surface area contributed by atoms with E-state index in [0.717, 1.165) is 54.1 Å². The maximum absolute atomic E-state index is 6.60. The summed E-state index contributed by atoms with van der Waals surface area (Å²) < 4.78 is 7.27. The fourth-order valence-electron chi connectivity index (χ4n) is 4.29. The Balaban J connectivity index is 0.00000306. The van der Waals surface area contributed by atoms with Crippen LogP contribution in [0.3, 0.4) is 0 Å². The minimum atomic E-state index is 0. The third kappa shape index (κ3) is 5.64. The number of methoxy groups -OCH3 is 1. The maximum atomic E-state index is 6.60. The van der Waals surface area contributed by atoms with Gasteiger partial charge in [-0.15, -0.1) is 17.5 Å². The van der Waals surface area contributed by atoms with Crippen LogP contribution in [-0.2, 0) is 0 Å². The highest BCUT2D eigenvalue weighted by Gasteiger charge is 2.31. The molecule has 1 unspecified atom stereocenters. The fourth-order valence-corrected chi connectivity index (χ4v) is 4.53. The largest absolute Gasteiger partial charge is 0.496 e. The van der Waals surface area contributed by atoms with Gasteiger partial charge in [0.25, 0.3) is 0 Å². The Morgan fingerprint density at radius 3 is 2.45 bits per heavy atom. The Labute approximate surface area is 208 Å². The molecule has 7 heteroatoms. The van der Waals surface area contributed by atoms with Gasteiger partial charge in [-0.25, -0.2) is 4.68 Å². The molecule has 3 aromatic rings. The third-order valence-corrected chi connectivity index (χ3v) is 6.57. The minimum absolute atomic E-state index is 0. The number of nitrogens with zero attached hydrogens (tertiary/aromatic N) is 4. The van der Waals surface area contributed by atoms with Crippen LogP contribution < -0.4 is 9.64 Å². The SMILES string of the molecule is CCCN(c1nc(C)n(-c2cc(C)c(OC)cc2Cl)n1)C(CC1CC1)c1ccc(C)cc1.Cl. The van der Waals surface area contributed by atoms with Gasteiger partial charge in [0.15, 0.2) is 0 Å². The third-order valence-electron chi connectivity index (χ3n) is 6.26. The zero-order chi connectivity index (χ0) is 22.8. The Morgan fingerprint density at radius 1 is 1.15 bits per heavy atom. The lowest BCUT2D eigenvalue weighted by molar-refractivity contribution is 0.411. The van der Waals surface area contributed by atoms with Crippen LogP contribution in [0.1, 0.15) is 61.2 Å². The Morgan fingerprint density at radius 2 is 1.85 bits per heavy atom. The molecule has 0 saturated heterocycles. The van der Waals surface area contributed by atoms with Crippen LogP contribution in [0.5, 0.6) is 5.75 Å². The molecule has 0 spiro atoms. The Bertz CT molecular complexity index is 1080. The molecule has 0 radical (unpaired) electrons. The van der Waals surface area contributed by atoms with Crippen molar-refractivity contribution in [2.45, 2.75) is 59.4 Å². The topological polar surface area (TPSA) is 43.2 Å². The summed E-state index contributed by atoms with van der Waals surface area (Å²) >= 11 is 6.60. The van der Waals surface area contributed by atoms with Gasteiger partial charge >= 0.3 is 0 Å². The van der Waals surface area contributed by atoms with Crippen LogP contribution in [-0.4, -0.2) is 28.4 Å². The van der Waals surface area contributed by atoms with E-state index in [9.17, 15) is 0 Å². The second kappa shape index (κ2) is 10.8. The number of aromatic nitrogens is 3. The van der Waals surface area contributed by atoms with Crippen LogP contribution in [0.2, 0.25) is 5.02 Å². The number of anilines is 1. The van der Waals surface area contributed by atoms with Crippen LogP contribution in [0.15, 0.2) is 36.4 Å². The average Bonchev–Trinajstić information content (AvgIpc) is 3.52. The monoisotopic (exact) mass is 488 g/mol. The summed E-state index contributed by atoms with van der Waals surface area (Å²) in [7, 11) is 1.66. The van der Waals surface area contributed by atoms with Crippen molar-refractivity contribution in [3.8, 4) is 11.4 Å². The van der Waals surface area contributed by atoms with Crippen molar-refractivity contribution in [2.75, 3.05) is 18.6 Å². The number of hydrogen-bond acceptors (Lipinski definition) is 4. The molecular weight excluding hydrogens is 455 g/mol. The van der Waals surface area contributed by atoms with Gasteiger partial charge in [0.1, 0.15) is 11.6 Å². The van der Waals surface area contributed by atoms with Gasteiger partial charge in [-0.1, -0.05) is 61.2 Å². The predicted molar refractivity (Wildman–Crippen MR) is 139 cm³/mol. The molecule has 0 N–H and O–H groups in total. The molecular formula is C26H34Cl2N4O. The Hall–Kier alpha value is -2.24. The van der Waals surface area contributed by atoms with E-state index in [1.165, 1.54) is 24.0 Å². The van der Waals surface area contributed by atoms with Crippen molar-refractivity contribution in [3.63, 3.8) is 0 Å². The average molecular weight is 489 g/mol. The first-order valence-electron chi connectivity index (χ1n) is 11.5. The van der Waals surface area contributed by atoms with Gasteiger partial charge in [-0.3, -0.25) is 0 Å². The fraction of sp³-hybridized carbons (Fsp3) is 0.462. The van der Waals surface area contributed by atoms with Crippen molar-refractivity contribution in [2.24, 2.45) is 5.92 Å². The van der Waals surface area contributed by atoms with E-state index >= 15 is 0 Å². The maximum Gasteiger partial charge on any atom is 0.245 e. The molecule has 4 rings (SSSR count). The molecule has 1 atom stereocenters. The van der Waals surface area contributed by atoms with Gasteiger partial charge in [-0.2, -0.15) is 4.98 Å². The number of halogens is 2. The van der Waals surface area contributed by atoms with Crippen molar-refractivity contribution < 1.29 is 4.74 Å². The van der Waals surface area contributed by atoms with E-state index in [1.54, 1.807) is 7.11 Å². The molecule has 1 heterocycles.